The van der Waals surface area contributed by atoms with Crippen molar-refractivity contribution in [2.45, 2.75) is 19.6 Å². The number of anilines is 2. The number of benzene rings is 2. The topological polar surface area (TPSA) is 112 Å². The van der Waals surface area contributed by atoms with Gasteiger partial charge in [0.15, 0.2) is 5.84 Å². The van der Waals surface area contributed by atoms with Crippen LogP contribution in [0.2, 0.25) is 0 Å². The fourth-order valence-electron chi connectivity index (χ4n) is 4.09. The number of halogens is 3. The highest BCUT2D eigenvalue weighted by atomic mass is 19.4. The predicted octanol–water partition coefficient (Wildman–Crippen LogP) is 4.08. The van der Waals surface area contributed by atoms with Gasteiger partial charge in [0.2, 0.25) is 5.95 Å². The molecule has 0 aliphatic carbocycles. The Bertz CT molecular complexity index is 1400. The smallest absolute Gasteiger partial charge is 0.382 e. The molecule has 2 heterocycles. The van der Waals surface area contributed by atoms with Crippen molar-refractivity contribution >= 4 is 29.1 Å². The maximum atomic E-state index is 12.8. The number of aryl methyl sites for hydroxylation is 1. The van der Waals surface area contributed by atoms with Crippen LogP contribution in [0.15, 0.2) is 66.4 Å². The number of nitrogens with two attached hydrogens (primary N) is 1. The Balaban J connectivity index is 1.53. The van der Waals surface area contributed by atoms with Gasteiger partial charge in [-0.15, -0.1) is 0 Å². The monoisotopic (exact) mass is 552 g/mol. The number of rotatable bonds is 8. The van der Waals surface area contributed by atoms with Gasteiger partial charge in [-0.3, -0.25) is 4.79 Å². The van der Waals surface area contributed by atoms with Crippen molar-refractivity contribution in [1.29, 1.82) is 0 Å². The summed E-state index contributed by atoms with van der Waals surface area (Å²) in [4.78, 5) is 30.9. The van der Waals surface area contributed by atoms with Gasteiger partial charge >= 0.3 is 6.18 Å². The first kappa shape index (κ1) is 28.6. The molecule has 0 bridgehead atoms. The molecule has 1 aliphatic rings. The summed E-state index contributed by atoms with van der Waals surface area (Å²) in [6.07, 6.45) is -1.28. The molecule has 1 aliphatic heterocycles. The molecule has 40 heavy (non-hydrogen) atoms. The highest BCUT2D eigenvalue weighted by Crippen LogP contribution is 2.29. The maximum absolute atomic E-state index is 12.8. The van der Waals surface area contributed by atoms with Crippen LogP contribution in [0.5, 0.6) is 0 Å². The zero-order chi connectivity index (χ0) is 28.9. The number of carbonyl (C=O) groups excluding carboxylic acids is 1. The SMILES string of the molecule is C=CNc1cnc(N2CCN(C)CC2)nc1C(N)=Nc1cc(C(=O)NCc2ccc(C(F)(F)F)cc2)ccc1C. The van der Waals surface area contributed by atoms with Crippen molar-refractivity contribution in [3.8, 4) is 0 Å². The molecule has 0 saturated carbocycles. The highest BCUT2D eigenvalue weighted by Gasteiger charge is 2.30. The lowest BCUT2D eigenvalue weighted by atomic mass is 10.1. The molecule has 0 spiro atoms. The van der Waals surface area contributed by atoms with E-state index in [9.17, 15) is 18.0 Å². The largest absolute Gasteiger partial charge is 0.416 e. The number of carbonyl (C=O) groups is 1. The van der Waals surface area contributed by atoms with E-state index in [2.05, 4.69) is 49.0 Å². The molecule has 210 valence electrons. The van der Waals surface area contributed by atoms with Crippen molar-refractivity contribution in [2.75, 3.05) is 43.4 Å². The Kier molecular flexibility index (Phi) is 8.68. The van der Waals surface area contributed by atoms with Crippen molar-refractivity contribution in [2.24, 2.45) is 10.7 Å². The van der Waals surface area contributed by atoms with Gasteiger partial charge in [-0.1, -0.05) is 24.8 Å². The summed E-state index contributed by atoms with van der Waals surface area (Å²) in [5, 5.41) is 5.72. The minimum absolute atomic E-state index is 0.0676. The van der Waals surface area contributed by atoms with E-state index in [1.54, 1.807) is 24.4 Å². The third kappa shape index (κ3) is 6.94. The van der Waals surface area contributed by atoms with E-state index in [0.29, 0.717) is 34.1 Å². The standard InChI is InChI=1S/C28H31F3N8O/c1-4-33-23-17-35-27(39-13-11-38(3)12-14-39)37-24(23)25(32)36-22-15-20(8-5-18(22)2)26(40)34-16-19-6-9-21(10-7-19)28(29,30)31/h4-10,15,17,33H,1,11-14,16H2,2-3H3,(H2,32,36)(H,34,40). The van der Waals surface area contributed by atoms with Crippen LogP contribution in [0.25, 0.3) is 0 Å². The Labute approximate surface area is 230 Å². The molecular formula is C28H31F3N8O. The van der Waals surface area contributed by atoms with Crippen molar-refractivity contribution in [3.63, 3.8) is 0 Å². The summed E-state index contributed by atoms with van der Waals surface area (Å²) < 4.78 is 38.4. The first-order chi connectivity index (χ1) is 19.0. The van der Waals surface area contributed by atoms with E-state index < -0.39 is 17.6 Å². The summed E-state index contributed by atoms with van der Waals surface area (Å²) in [5.74, 6) is 0.278. The molecule has 1 saturated heterocycles. The molecule has 4 rings (SSSR count). The fraction of sp³-hybridized carbons (Fsp3) is 0.286. The van der Waals surface area contributed by atoms with E-state index in [1.807, 2.05) is 6.92 Å². The summed E-state index contributed by atoms with van der Waals surface area (Å²) in [6.45, 7) is 8.96. The molecule has 12 heteroatoms. The summed E-state index contributed by atoms with van der Waals surface area (Å²) in [5.41, 5.74) is 8.76. The summed E-state index contributed by atoms with van der Waals surface area (Å²) in [7, 11) is 2.07. The molecule has 0 unspecified atom stereocenters. The molecule has 0 radical (unpaired) electrons. The van der Waals surface area contributed by atoms with E-state index >= 15 is 0 Å². The van der Waals surface area contributed by atoms with E-state index in [-0.39, 0.29) is 12.4 Å². The van der Waals surface area contributed by atoms with Gasteiger partial charge in [-0.25, -0.2) is 15.0 Å². The van der Waals surface area contributed by atoms with E-state index in [1.165, 1.54) is 18.3 Å². The lowest BCUT2D eigenvalue weighted by Gasteiger charge is -2.32. The molecule has 0 atom stereocenters. The molecule has 9 nitrogen and oxygen atoms in total. The van der Waals surface area contributed by atoms with Gasteiger partial charge in [0.1, 0.15) is 5.69 Å². The molecule has 2 aromatic carbocycles. The van der Waals surface area contributed by atoms with Gasteiger partial charge in [0.25, 0.3) is 5.91 Å². The van der Waals surface area contributed by atoms with Crippen molar-refractivity contribution < 1.29 is 18.0 Å². The van der Waals surface area contributed by atoms with Crippen LogP contribution in [0.4, 0.5) is 30.5 Å². The zero-order valence-corrected chi connectivity index (χ0v) is 22.3. The Morgan fingerprint density at radius 1 is 1.15 bits per heavy atom. The Morgan fingerprint density at radius 2 is 1.85 bits per heavy atom. The number of piperazine rings is 1. The van der Waals surface area contributed by atoms with Gasteiger partial charge < -0.3 is 26.2 Å². The number of aromatic nitrogens is 2. The van der Waals surface area contributed by atoms with Crippen LogP contribution in [0.3, 0.4) is 0 Å². The van der Waals surface area contributed by atoms with E-state index in [4.69, 9.17) is 5.73 Å². The number of nitrogens with zero attached hydrogens (tertiary/aromatic N) is 5. The summed E-state index contributed by atoms with van der Waals surface area (Å²) >= 11 is 0. The fourth-order valence-corrected chi connectivity index (χ4v) is 4.09. The quantitative estimate of drug-likeness (QED) is 0.285. The number of aliphatic imine (C=N–C) groups is 1. The van der Waals surface area contributed by atoms with Gasteiger partial charge in [-0.05, 0) is 55.6 Å². The van der Waals surface area contributed by atoms with Crippen LogP contribution in [0, 0.1) is 6.92 Å². The first-order valence-corrected chi connectivity index (χ1v) is 12.6. The second kappa shape index (κ2) is 12.2. The number of likely N-dealkylation sites (N-methyl/N-ethyl adjacent to an activating group) is 1. The molecule has 1 aromatic heterocycles. The number of alkyl halides is 3. The molecule has 4 N–H and O–H groups in total. The average molecular weight is 553 g/mol. The average Bonchev–Trinajstić information content (AvgIpc) is 2.93. The predicted molar refractivity (Wildman–Crippen MR) is 150 cm³/mol. The molecule has 1 amide bonds. The number of amides is 1. The van der Waals surface area contributed by atoms with Gasteiger partial charge in [-0.2, -0.15) is 13.2 Å². The van der Waals surface area contributed by atoms with Crippen molar-refractivity contribution in [1.82, 2.24) is 20.2 Å². The van der Waals surface area contributed by atoms with Gasteiger partial charge in [0, 0.05) is 38.3 Å². The molecular weight excluding hydrogens is 521 g/mol. The van der Waals surface area contributed by atoms with Crippen molar-refractivity contribution in [3.05, 3.63) is 89.4 Å². The van der Waals surface area contributed by atoms with Crippen LogP contribution >= 0.6 is 0 Å². The number of hydrogen-bond donors (Lipinski definition) is 3. The van der Waals surface area contributed by atoms with E-state index in [0.717, 1.165) is 43.9 Å². The van der Waals surface area contributed by atoms with Crippen LogP contribution in [-0.4, -0.2) is 59.8 Å². The third-order valence-electron chi connectivity index (χ3n) is 6.51. The second-order valence-corrected chi connectivity index (χ2v) is 9.45. The highest BCUT2D eigenvalue weighted by molar-refractivity contribution is 6.03. The minimum atomic E-state index is -4.41. The number of amidine groups is 1. The maximum Gasteiger partial charge on any atom is 0.416 e. The summed E-state index contributed by atoms with van der Waals surface area (Å²) in [6, 6.07) is 9.64. The molecule has 1 fully saturated rings. The second-order valence-electron chi connectivity index (χ2n) is 9.45. The van der Waals surface area contributed by atoms with Crippen LogP contribution in [-0.2, 0) is 12.7 Å². The zero-order valence-electron chi connectivity index (χ0n) is 22.3. The van der Waals surface area contributed by atoms with Crippen LogP contribution < -0.4 is 21.3 Å². The minimum Gasteiger partial charge on any atom is -0.382 e. The first-order valence-electron chi connectivity index (χ1n) is 12.6. The Hall–Kier alpha value is -4.45. The van der Waals surface area contributed by atoms with Gasteiger partial charge in [0.05, 0.1) is 23.1 Å². The lowest BCUT2D eigenvalue weighted by molar-refractivity contribution is -0.137. The normalized spacial score (nSPS) is 14.6. The number of nitrogens with one attached hydrogen (secondary N) is 2. The number of hydrogen-bond acceptors (Lipinski definition) is 7. The molecule has 3 aromatic rings. The Morgan fingerprint density at radius 3 is 2.50 bits per heavy atom. The third-order valence-corrected chi connectivity index (χ3v) is 6.51. The van der Waals surface area contributed by atoms with Crippen LogP contribution in [0.1, 0.15) is 32.7 Å². The lowest BCUT2D eigenvalue weighted by Crippen LogP contribution is -2.45.